The molecule has 122 valence electrons. The third kappa shape index (κ3) is 5.34. The molecular weight excluding hydrogens is 304 g/mol. The highest BCUT2D eigenvalue weighted by molar-refractivity contribution is 7.15. The summed E-state index contributed by atoms with van der Waals surface area (Å²) in [7, 11) is 0. The highest BCUT2D eigenvalue weighted by Crippen LogP contribution is 2.22. The van der Waals surface area contributed by atoms with Gasteiger partial charge in [0, 0.05) is 31.9 Å². The van der Waals surface area contributed by atoms with Crippen LogP contribution < -0.4 is 10.6 Å². The molecule has 2 amide bonds. The quantitative estimate of drug-likeness (QED) is 0.795. The molecule has 8 heteroatoms. The maximum absolute atomic E-state index is 11.8. The molecule has 1 aromatic heterocycles. The Morgan fingerprint density at radius 3 is 2.73 bits per heavy atom. The smallest absolute Gasteiger partial charge is 0.226 e. The topological polar surface area (TPSA) is 93.2 Å². The van der Waals surface area contributed by atoms with Crippen molar-refractivity contribution in [3.63, 3.8) is 0 Å². The Balaban J connectivity index is 1.64. The predicted molar refractivity (Wildman–Crippen MR) is 83.8 cm³/mol. The van der Waals surface area contributed by atoms with E-state index in [9.17, 15) is 9.59 Å². The largest absolute Gasteiger partial charge is 0.376 e. The second-order valence-electron chi connectivity index (χ2n) is 5.59. The number of ether oxygens (including phenoxy) is 1. The molecule has 0 unspecified atom stereocenters. The van der Waals surface area contributed by atoms with Crippen molar-refractivity contribution in [3.05, 3.63) is 5.01 Å². The average Bonchev–Trinajstić information content (AvgIpc) is 3.14. The molecule has 0 bridgehead atoms. The van der Waals surface area contributed by atoms with Gasteiger partial charge in [0.2, 0.25) is 16.9 Å². The van der Waals surface area contributed by atoms with E-state index in [0.717, 1.165) is 24.5 Å². The molecule has 0 spiro atoms. The molecule has 0 saturated carbocycles. The van der Waals surface area contributed by atoms with Crippen molar-refractivity contribution in [3.8, 4) is 0 Å². The SMILES string of the molecule is CC(C)c1nnc(NC(=O)CCC(=O)NC[C@@H]2CCCO2)s1. The molecule has 1 atom stereocenters. The number of hydrogen-bond donors (Lipinski definition) is 2. The Bertz CT molecular complexity index is 512. The summed E-state index contributed by atoms with van der Waals surface area (Å²) < 4.78 is 5.42. The fourth-order valence-electron chi connectivity index (χ4n) is 2.05. The van der Waals surface area contributed by atoms with Gasteiger partial charge in [-0.2, -0.15) is 0 Å². The van der Waals surface area contributed by atoms with E-state index in [-0.39, 0.29) is 36.7 Å². The number of aromatic nitrogens is 2. The van der Waals surface area contributed by atoms with Gasteiger partial charge in [0.1, 0.15) is 5.01 Å². The van der Waals surface area contributed by atoms with E-state index in [2.05, 4.69) is 20.8 Å². The zero-order valence-electron chi connectivity index (χ0n) is 12.9. The van der Waals surface area contributed by atoms with Gasteiger partial charge in [-0.25, -0.2) is 0 Å². The van der Waals surface area contributed by atoms with Crippen molar-refractivity contribution >= 4 is 28.3 Å². The predicted octanol–water partition coefficient (Wildman–Crippen LogP) is 1.68. The molecule has 1 aliphatic heterocycles. The molecule has 0 aliphatic carbocycles. The second kappa shape index (κ2) is 8.19. The Labute approximate surface area is 133 Å². The minimum atomic E-state index is -0.223. The molecule has 1 fully saturated rings. The Morgan fingerprint density at radius 1 is 1.32 bits per heavy atom. The summed E-state index contributed by atoms with van der Waals surface area (Å²) in [6.45, 7) is 5.33. The number of nitrogens with one attached hydrogen (secondary N) is 2. The number of hydrogen-bond acceptors (Lipinski definition) is 6. The molecule has 7 nitrogen and oxygen atoms in total. The van der Waals surface area contributed by atoms with E-state index in [0.29, 0.717) is 11.7 Å². The number of rotatable bonds is 7. The van der Waals surface area contributed by atoms with Gasteiger partial charge in [0.15, 0.2) is 0 Å². The van der Waals surface area contributed by atoms with Crippen molar-refractivity contribution in [2.75, 3.05) is 18.5 Å². The van der Waals surface area contributed by atoms with Crippen molar-refractivity contribution in [1.82, 2.24) is 15.5 Å². The first-order chi connectivity index (χ1) is 10.5. The molecule has 2 N–H and O–H groups in total. The standard InChI is InChI=1S/C14H22N4O3S/c1-9(2)13-17-18-14(22-13)16-12(20)6-5-11(19)15-8-10-4-3-7-21-10/h9-10H,3-8H2,1-2H3,(H,15,19)(H,16,18,20)/t10-/m0/s1. The Morgan fingerprint density at radius 2 is 2.09 bits per heavy atom. The van der Waals surface area contributed by atoms with Crippen LogP contribution in [0.2, 0.25) is 0 Å². The van der Waals surface area contributed by atoms with Gasteiger partial charge >= 0.3 is 0 Å². The third-order valence-electron chi connectivity index (χ3n) is 3.31. The number of amides is 2. The van der Waals surface area contributed by atoms with E-state index in [1.165, 1.54) is 11.3 Å². The van der Waals surface area contributed by atoms with Crippen LogP contribution in [-0.4, -0.2) is 41.3 Å². The third-order valence-corrected chi connectivity index (χ3v) is 4.45. The van der Waals surface area contributed by atoms with Crippen LogP contribution >= 0.6 is 11.3 Å². The first-order valence-corrected chi connectivity index (χ1v) is 8.38. The van der Waals surface area contributed by atoms with Crippen LogP contribution in [0, 0.1) is 0 Å². The van der Waals surface area contributed by atoms with Gasteiger partial charge < -0.3 is 15.4 Å². The molecule has 0 aromatic carbocycles. The lowest BCUT2D eigenvalue weighted by molar-refractivity contribution is -0.124. The Kier molecular flexibility index (Phi) is 6.26. The van der Waals surface area contributed by atoms with Crippen LogP contribution in [-0.2, 0) is 14.3 Å². The normalized spacial score (nSPS) is 17.7. The molecule has 1 aliphatic rings. The molecule has 0 radical (unpaired) electrons. The number of carbonyl (C=O) groups is 2. The highest BCUT2D eigenvalue weighted by Gasteiger charge is 2.16. The van der Waals surface area contributed by atoms with Crippen LogP contribution in [0.4, 0.5) is 5.13 Å². The van der Waals surface area contributed by atoms with Gasteiger partial charge in [0.05, 0.1) is 6.10 Å². The molecular formula is C14H22N4O3S. The van der Waals surface area contributed by atoms with E-state index >= 15 is 0 Å². The fourth-order valence-corrected chi connectivity index (χ4v) is 2.81. The summed E-state index contributed by atoms with van der Waals surface area (Å²) in [6.07, 6.45) is 2.44. The summed E-state index contributed by atoms with van der Waals surface area (Å²) in [6, 6.07) is 0. The molecule has 2 rings (SSSR count). The maximum Gasteiger partial charge on any atom is 0.226 e. The minimum absolute atomic E-state index is 0.119. The Hall–Kier alpha value is -1.54. The lowest BCUT2D eigenvalue weighted by Crippen LogP contribution is -2.32. The minimum Gasteiger partial charge on any atom is -0.376 e. The monoisotopic (exact) mass is 326 g/mol. The van der Waals surface area contributed by atoms with Crippen LogP contribution in [0.15, 0.2) is 0 Å². The van der Waals surface area contributed by atoms with Gasteiger partial charge in [-0.05, 0) is 12.8 Å². The number of anilines is 1. The summed E-state index contributed by atoms with van der Waals surface area (Å²) in [4.78, 5) is 23.5. The fraction of sp³-hybridized carbons (Fsp3) is 0.714. The molecule has 1 saturated heterocycles. The van der Waals surface area contributed by atoms with Gasteiger partial charge in [-0.1, -0.05) is 25.2 Å². The molecule has 2 heterocycles. The highest BCUT2D eigenvalue weighted by atomic mass is 32.1. The summed E-state index contributed by atoms with van der Waals surface area (Å²) >= 11 is 1.36. The van der Waals surface area contributed by atoms with E-state index in [1.807, 2.05) is 13.8 Å². The second-order valence-corrected chi connectivity index (χ2v) is 6.60. The molecule has 1 aromatic rings. The van der Waals surface area contributed by atoms with E-state index in [1.54, 1.807) is 0 Å². The first kappa shape index (κ1) is 16.8. The van der Waals surface area contributed by atoms with Crippen molar-refractivity contribution in [1.29, 1.82) is 0 Å². The lowest BCUT2D eigenvalue weighted by Gasteiger charge is -2.10. The van der Waals surface area contributed by atoms with E-state index in [4.69, 9.17) is 4.74 Å². The van der Waals surface area contributed by atoms with Crippen molar-refractivity contribution < 1.29 is 14.3 Å². The zero-order valence-corrected chi connectivity index (χ0v) is 13.7. The summed E-state index contributed by atoms with van der Waals surface area (Å²) in [5.74, 6) is -0.0729. The van der Waals surface area contributed by atoms with Gasteiger partial charge in [-0.3, -0.25) is 9.59 Å². The van der Waals surface area contributed by atoms with Crippen LogP contribution in [0.3, 0.4) is 0 Å². The first-order valence-electron chi connectivity index (χ1n) is 7.56. The van der Waals surface area contributed by atoms with Gasteiger partial charge in [0.25, 0.3) is 0 Å². The van der Waals surface area contributed by atoms with Crippen molar-refractivity contribution in [2.45, 2.75) is 51.6 Å². The van der Waals surface area contributed by atoms with Crippen LogP contribution in [0.1, 0.15) is 50.5 Å². The summed E-state index contributed by atoms with van der Waals surface area (Å²) in [5.41, 5.74) is 0. The summed E-state index contributed by atoms with van der Waals surface area (Å²) in [5, 5.41) is 14.7. The lowest BCUT2D eigenvalue weighted by atomic mass is 10.2. The number of nitrogens with zero attached hydrogens (tertiary/aromatic N) is 2. The van der Waals surface area contributed by atoms with E-state index < -0.39 is 0 Å². The average molecular weight is 326 g/mol. The van der Waals surface area contributed by atoms with Crippen LogP contribution in [0.5, 0.6) is 0 Å². The van der Waals surface area contributed by atoms with Crippen LogP contribution in [0.25, 0.3) is 0 Å². The molecule has 22 heavy (non-hydrogen) atoms. The zero-order chi connectivity index (χ0) is 15.9. The number of carbonyl (C=O) groups excluding carboxylic acids is 2. The maximum atomic E-state index is 11.8. The van der Waals surface area contributed by atoms with Gasteiger partial charge in [-0.15, -0.1) is 10.2 Å². The van der Waals surface area contributed by atoms with Crippen molar-refractivity contribution in [2.24, 2.45) is 0 Å².